The van der Waals surface area contributed by atoms with Crippen LogP contribution < -0.4 is 10.6 Å². The second-order valence-corrected chi connectivity index (χ2v) is 5.72. The van der Waals surface area contributed by atoms with Crippen molar-refractivity contribution in [2.24, 2.45) is 10.9 Å². The minimum Gasteiger partial charge on any atom is -0.409 e. The maximum Gasteiger partial charge on any atom is 0.226 e. The van der Waals surface area contributed by atoms with E-state index in [0.717, 1.165) is 25.2 Å². The number of thiophene rings is 1. The van der Waals surface area contributed by atoms with Crippen LogP contribution in [0.4, 0.5) is 5.95 Å². The second kappa shape index (κ2) is 5.09. The molecule has 0 unspecified atom stereocenters. The summed E-state index contributed by atoms with van der Waals surface area (Å²) in [5, 5.41) is 13.9. The molecule has 0 fully saturated rings. The Kier molecular flexibility index (Phi) is 3.27. The van der Waals surface area contributed by atoms with Gasteiger partial charge in [0.05, 0.1) is 0 Å². The second-order valence-electron chi connectivity index (χ2n) is 4.72. The van der Waals surface area contributed by atoms with Crippen LogP contribution in [-0.2, 0) is 13.0 Å². The number of aromatic nitrogens is 2. The number of fused-ring (bicyclic) bond motifs is 1. The van der Waals surface area contributed by atoms with Crippen molar-refractivity contribution in [1.29, 1.82) is 0 Å². The Morgan fingerprint density at radius 2 is 2.35 bits per heavy atom. The Balaban J connectivity index is 1.93. The van der Waals surface area contributed by atoms with Gasteiger partial charge in [0, 0.05) is 23.7 Å². The molecule has 1 aliphatic rings. The molecule has 3 rings (SSSR count). The molecule has 0 saturated heterocycles. The summed E-state index contributed by atoms with van der Waals surface area (Å²) in [6, 6.07) is 3.85. The van der Waals surface area contributed by atoms with Crippen LogP contribution in [-0.4, -0.2) is 27.6 Å². The van der Waals surface area contributed by atoms with Gasteiger partial charge in [0.2, 0.25) is 5.95 Å². The normalized spacial score (nSPS) is 15.2. The largest absolute Gasteiger partial charge is 0.409 e. The van der Waals surface area contributed by atoms with Gasteiger partial charge in [-0.1, -0.05) is 5.16 Å². The fraction of sp³-hybridized carbons (Fsp3) is 0.308. The molecule has 0 aliphatic carbocycles. The van der Waals surface area contributed by atoms with Crippen LogP contribution in [0.25, 0.3) is 0 Å². The quantitative estimate of drug-likeness (QED) is 0.378. The molecule has 104 valence electrons. The van der Waals surface area contributed by atoms with Crippen LogP contribution in [0, 0.1) is 6.92 Å². The number of nitrogens with zero attached hydrogens (tertiary/aromatic N) is 4. The van der Waals surface area contributed by atoms with Crippen molar-refractivity contribution in [2.75, 3.05) is 11.4 Å². The van der Waals surface area contributed by atoms with Crippen LogP contribution in [0.1, 0.15) is 21.8 Å². The average molecular weight is 289 g/mol. The summed E-state index contributed by atoms with van der Waals surface area (Å²) in [5.74, 6) is 0.633. The van der Waals surface area contributed by atoms with Crippen LogP contribution in [0.5, 0.6) is 0 Å². The molecule has 3 heterocycles. The standard InChI is InChI=1S/C13H15N5OS/c1-8-6-10(12(14)17-19)16-13(15-8)18-4-2-11-9(7-18)3-5-20-11/h3,5-6,19H,2,4,7H2,1H3,(H2,14,17). The highest BCUT2D eigenvalue weighted by Gasteiger charge is 2.20. The third kappa shape index (κ3) is 2.32. The summed E-state index contributed by atoms with van der Waals surface area (Å²) in [4.78, 5) is 12.4. The molecular formula is C13H15N5OS. The third-order valence-electron chi connectivity index (χ3n) is 3.30. The lowest BCUT2D eigenvalue weighted by Crippen LogP contribution is -2.31. The molecule has 3 N–H and O–H groups in total. The first-order valence-corrected chi connectivity index (χ1v) is 7.19. The van der Waals surface area contributed by atoms with E-state index in [2.05, 4.69) is 31.5 Å². The van der Waals surface area contributed by atoms with Gasteiger partial charge in [-0.15, -0.1) is 11.3 Å². The Labute approximate surface area is 120 Å². The molecule has 0 spiro atoms. The van der Waals surface area contributed by atoms with Crippen LogP contribution in [0.15, 0.2) is 22.7 Å². The molecule has 0 aromatic carbocycles. The van der Waals surface area contributed by atoms with Gasteiger partial charge < -0.3 is 15.8 Å². The summed E-state index contributed by atoms with van der Waals surface area (Å²) in [5.41, 5.74) is 8.19. The maximum absolute atomic E-state index is 8.77. The van der Waals surface area contributed by atoms with Crippen molar-refractivity contribution in [3.05, 3.63) is 39.3 Å². The molecule has 2 aromatic rings. The van der Waals surface area contributed by atoms with E-state index in [1.54, 1.807) is 17.4 Å². The topological polar surface area (TPSA) is 87.6 Å². The molecule has 0 radical (unpaired) electrons. The SMILES string of the molecule is Cc1cc(/C(N)=N/O)nc(N2CCc3sccc3C2)n1. The van der Waals surface area contributed by atoms with Crippen LogP contribution >= 0.6 is 11.3 Å². The van der Waals surface area contributed by atoms with E-state index in [-0.39, 0.29) is 5.84 Å². The highest BCUT2D eigenvalue weighted by molar-refractivity contribution is 7.10. The van der Waals surface area contributed by atoms with E-state index in [4.69, 9.17) is 10.9 Å². The molecule has 2 aromatic heterocycles. The molecule has 0 atom stereocenters. The number of oxime groups is 1. The number of hydrogen-bond donors (Lipinski definition) is 2. The van der Waals surface area contributed by atoms with Crippen molar-refractivity contribution in [2.45, 2.75) is 19.9 Å². The highest BCUT2D eigenvalue weighted by Crippen LogP contribution is 2.26. The van der Waals surface area contributed by atoms with Crippen LogP contribution in [0.3, 0.4) is 0 Å². The van der Waals surface area contributed by atoms with Gasteiger partial charge in [0.1, 0.15) is 5.69 Å². The summed E-state index contributed by atoms with van der Waals surface area (Å²) in [7, 11) is 0. The summed E-state index contributed by atoms with van der Waals surface area (Å²) < 4.78 is 0. The minimum absolute atomic E-state index is 0.00461. The van der Waals surface area contributed by atoms with Gasteiger partial charge in [-0.2, -0.15) is 0 Å². The van der Waals surface area contributed by atoms with E-state index in [9.17, 15) is 0 Å². The lowest BCUT2D eigenvalue weighted by Gasteiger charge is -2.27. The predicted molar refractivity (Wildman–Crippen MR) is 78.4 cm³/mol. The van der Waals surface area contributed by atoms with Gasteiger partial charge in [-0.25, -0.2) is 9.97 Å². The Morgan fingerprint density at radius 1 is 1.50 bits per heavy atom. The van der Waals surface area contributed by atoms with Gasteiger partial charge in [0.15, 0.2) is 5.84 Å². The van der Waals surface area contributed by atoms with Gasteiger partial charge in [0.25, 0.3) is 0 Å². The van der Waals surface area contributed by atoms with Crippen molar-refractivity contribution < 1.29 is 5.21 Å². The molecular weight excluding hydrogens is 274 g/mol. The Morgan fingerprint density at radius 3 is 3.15 bits per heavy atom. The number of amidine groups is 1. The molecule has 0 amide bonds. The fourth-order valence-electron chi connectivity index (χ4n) is 2.30. The number of anilines is 1. The number of aryl methyl sites for hydroxylation is 1. The molecule has 1 aliphatic heterocycles. The monoisotopic (exact) mass is 289 g/mol. The van der Waals surface area contributed by atoms with E-state index >= 15 is 0 Å². The minimum atomic E-state index is 0.00461. The first kappa shape index (κ1) is 12.9. The Hall–Kier alpha value is -2.15. The third-order valence-corrected chi connectivity index (χ3v) is 4.33. The van der Waals surface area contributed by atoms with E-state index in [0.29, 0.717) is 11.6 Å². The summed E-state index contributed by atoms with van der Waals surface area (Å²) in [6.45, 7) is 3.56. The maximum atomic E-state index is 8.77. The first-order valence-electron chi connectivity index (χ1n) is 6.31. The van der Waals surface area contributed by atoms with Crippen molar-refractivity contribution in [3.63, 3.8) is 0 Å². The van der Waals surface area contributed by atoms with Crippen molar-refractivity contribution in [1.82, 2.24) is 9.97 Å². The van der Waals surface area contributed by atoms with E-state index in [1.165, 1.54) is 10.4 Å². The van der Waals surface area contributed by atoms with Crippen molar-refractivity contribution >= 4 is 23.1 Å². The number of rotatable bonds is 2. The van der Waals surface area contributed by atoms with Crippen LogP contribution in [0.2, 0.25) is 0 Å². The molecule has 6 nitrogen and oxygen atoms in total. The fourth-order valence-corrected chi connectivity index (χ4v) is 3.19. The smallest absolute Gasteiger partial charge is 0.226 e. The van der Waals surface area contributed by atoms with Gasteiger partial charge >= 0.3 is 0 Å². The van der Waals surface area contributed by atoms with Gasteiger partial charge in [-0.3, -0.25) is 0 Å². The number of nitrogens with two attached hydrogens (primary N) is 1. The Bertz CT molecular complexity index is 667. The zero-order valence-electron chi connectivity index (χ0n) is 11.1. The molecule has 0 saturated carbocycles. The molecule has 7 heteroatoms. The first-order chi connectivity index (χ1) is 9.67. The predicted octanol–water partition coefficient (Wildman–Crippen LogP) is 1.50. The average Bonchev–Trinajstić information content (AvgIpc) is 2.93. The lowest BCUT2D eigenvalue weighted by molar-refractivity contribution is 0.318. The lowest BCUT2D eigenvalue weighted by atomic mass is 10.1. The zero-order valence-corrected chi connectivity index (χ0v) is 11.9. The molecule has 0 bridgehead atoms. The summed E-state index contributed by atoms with van der Waals surface area (Å²) in [6.07, 6.45) is 1.00. The zero-order chi connectivity index (χ0) is 14.1. The molecule has 20 heavy (non-hydrogen) atoms. The van der Waals surface area contributed by atoms with E-state index in [1.807, 2.05) is 6.92 Å². The summed E-state index contributed by atoms with van der Waals surface area (Å²) >= 11 is 1.80. The number of hydrogen-bond acceptors (Lipinski definition) is 6. The highest BCUT2D eigenvalue weighted by atomic mass is 32.1. The van der Waals surface area contributed by atoms with Crippen molar-refractivity contribution in [3.8, 4) is 0 Å². The van der Waals surface area contributed by atoms with E-state index < -0.39 is 0 Å². The van der Waals surface area contributed by atoms with Gasteiger partial charge in [-0.05, 0) is 36.4 Å².